The lowest BCUT2D eigenvalue weighted by Gasteiger charge is -2.32. The normalized spacial score (nSPS) is 14.8. The minimum Gasteiger partial charge on any atom is -0.335 e. The molecule has 1 aromatic heterocycles. The molecule has 0 unspecified atom stereocenters. The highest BCUT2D eigenvalue weighted by molar-refractivity contribution is 5.92. The van der Waals surface area contributed by atoms with E-state index in [1.807, 2.05) is 11.9 Å². The van der Waals surface area contributed by atoms with Gasteiger partial charge in [-0.05, 0) is 49.0 Å². The van der Waals surface area contributed by atoms with Crippen molar-refractivity contribution in [2.45, 2.75) is 12.7 Å². The fourth-order valence-corrected chi connectivity index (χ4v) is 3.68. The maximum atomic E-state index is 13.3. The van der Waals surface area contributed by atoms with Gasteiger partial charge >= 0.3 is 11.9 Å². The molecule has 1 saturated heterocycles. The molecule has 2 heterocycles. The van der Waals surface area contributed by atoms with Crippen molar-refractivity contribution >= 4 is 5.91 Å². The van der Waals surface area contributed by atoms with Gasteiger partial charge in [-0.25, -0.2) is 9.18 Å². The van der Waals surface area contributed by atoms with Crippen molar-refractivity contribution in [2.24, 2.45) is 0 Å². The molecule has 184 valence electrons. The quantitative estimate of drug-likeness (QED) is 0.522. The number of aromatic nitrogens is 3. The molecule has 0 aliphatic carbocycles. The van der Waals surface area contributed by atoms with E-state index in [4.69, 9.17) is 0 Å². The number of likely N-dealkylation sites (N-methyl/N-ethyl adjacent to an activating group) is 1. The first-order valence-corrected chi connectivity index (χ1v) is 10.7. The van der Waals surface area contributed by atoms with Gasteiger partial charge in [0.1, 0.15) is 5.82 Å². The topological polar surface area (TPSA) is 80.4 Å². The van der Waals surface area contributed by atoms with E-state index in [9.17, 15) is 31.9 Å². The van der Waals surface area contributed by atoms with Crippen LogP contribution in [0.25, 0.3) is 5.69 Å². The molecule has 1 aliphatic heterocycles. The lowest BCUT2D eigenvalue weighted by atomic mass is 10.2. The number of benzene rings is 2. The third kappa shape index (κ3) is 5.16. The summed E-state index contributed by atoms with van der Waals surface area (Å²) in [7, 11) is 1.89. The van der Waals surface area contributed by atoms with Crippen LogP contribution in [0.5, 0.6) is 0 Å². The molecular weight excluding hydrogens is 470 g/mol. The van der Waals surface area contributed by atoms with Gasteiger partial charge in [0.05, 0.1) is 17.8 Å². The molecule has 0 N–H and O–H groups in total. The summed E-state index contributed by atoms with van der Waals surface area (Å²) in [4.78, 5) is 43.0. The van der Waals surface area contributed by atoms with E-state index in [1.54, 1.807) is 0 Å². The zero-order valence-electron chi connectivity index (χ0n) is 18.6. The summed E-state index contributed by atoms with van der Waals surface area (Å²) in [5, 5.41) is 3.97. The Hall–Kier alpha value is -3.80. The molecule has 1 aliphatic rings. The van der Waals surface area contributed by atoms with Gasteiger partial charge in [0, 0.05) is 26.2 Å². The van der Waals surface area contributed by atoms with Gasteiger partial charge in [-0.3, -0.25) is 14.2 Å². The maximum absolute atomic E-state index is 13.3. The van der Waals surface area contributed by atoms with Gasteiger partial charge in [0.2, 0.25) is 5.69 Å². The van der Waals surface area contributed by atoms with Crippen LogP contribution in [0.4, 0.5) is 17.6 Å². The summed E-state index contributed by atoms with van der Waals surface area (Å²) < 4.78 is 53.8. The van der Waals surface area contributed by atoms with Gasteiger partial charge in [-0.15, -0.1) is 0 Å². The van der Waals surface area contributed by atoms with Crippen molar-refractivity contribution in [3.8, 4) is 5.69 Å². The van der Waals surface area contributed by atoms with Crippen LogP contribution in [0.15, 0.2) is 58.1 Å². The Morgan fingerprint density at radius 1 is 0.943 bits per heavy atom. The fraction of sp³-hybridized carbons (Fsp3) is 0.304. The molecule has 0 bridgehead atoms. The molecule has 35 heavy (non-hydrogen) atoms. The molecule has 2 aromatic carbocycles. The summed E-state index contributed by atoms with van der Waals surface area (Å²) in [6, 6.07) is 8.71. The minimum atomic E-state index is -4.58. The maximum Gasteiger partial charge on any atom is 0.416 e. The van der Waals surface area contributed by atoms with E-state index in [2.05, 4.69) is 5.10 Å². The van der Waals surface area contributed by atoms with Crippen molar-refractivity contribution in [2.75, 3.05) is 33.2 Å². The van der Waals surface area contributed by atoms with Gasteiger partial charge in [-0.2, -0.15) is 23.0 Å². The SMILES string of the molecule is CN1CCN(C(=O)c2nn(-c3ccc(C(F)(F)F)cc3)c(=O)n(Cc3ccc(F)cc3)c2=O)CC1. The van der Waals surface area contributed by atoms with Crippen LogP contribution in [0.2, 0.25) is 0 Å². The largest absolute Gasteiger partial charge is 0.416 e. The highest BCUT2D eigenvalue weighted by Crippen LogP contribution is 2.29. The number of nitrogens with zero attached hydrogens (tertiary/aromatic N) is 5. The van der Waals surface area contributed by atoms with Crippen molar-refractivity contribution in [1.29, 1.82) is 0 Å². The fourth-order valence-electron chi connectivity index (χ4n) is 3.68. The second-order valence-electron chi connectivity index (χ2n) is 8.20. The third-order valence-corrected chi connectivity index (χ3v) is 5.75. The Kier molecular flexibility index (Phi) is 6.57. The second-order valence-corrected chi connectivity index (χ2v) is 8.20. The average Bonchev–Trinajstić information content (AvgIpc) is 2.83. The first-order chi connectivity index (χ1) is 16.5. The molecule has 0 saturated carbocycles. The van der Waals surface area contributed by atoms with Crippen molar-refractivity contribution in [3.63, 3.8) is 0 Å². The first-order valence-electron chi connectivity index (χ1n) is 10.7. The number of halogens is 4. The van der Waals surface area contributed by atoms with Gasteiger partial charge in [0.15, 0.2) is 0 Å². The Labute approximate surface area is 196 Å². The van der Waals surface area contributed by atoms with E-state index < -0.39 is 40.4 Å². The number of hydrogen-bond donors (Lipinski definition) is 0. The van der Waals surface area contributed by atoms with E-state index in [0.717, 1.165) is 45.6 Å². The van der Waals surface area contributed by atoms with Crippen molar-refractivity contribution < 1.29 is 22.4 Å². The Morgan fingerprint density at radius 2 is 1.54 bits per heavy atom. The molecule has 0 spiro atoms. The van der Waals surface area contributed by atoms with Gasteiger partial charge in [0.25, 0.3) is 11.5 Å². The number of hydrogen-bond acceptors (Lipinski definition) is 5. The van der Waals surface area contributed by atoms with Crippen LogP contribution in [-0.4, -0.2) is 63.3 Å². The molecule has 3 aromatic rings. The smallest absolute Gasteiger partial charge is 0.335 e. The average molecular weight is 491 g/mol. The summed E-state index contributed by atoms with van der Waals surface area (Å²) in [5.74, 6) is -1.19. The van der Waals surface area contributed by atoms with E-state index in [1.165, 1.54) is 17.0 Å². The number of carbonyl (C=O) groups excluding carboxylic acids is 1. The van der Waals surface area contributed by atoms with Gasteiger partial charge < -0.3 is 9.80 Å². The summed E-state index contributed by atoms with van der Waals surface area (Å²) in [6.45, 7) is 1.55. The molecule has 1 amide bonds. The number of rotatable bonds is 4. The summed E-state index contributed by atoms with van der Waals surface area (Å²) in [5.41, 5.74) is -2.99. The molecule has 4 rings (SSSR count). The molecule has 0 atom stereocenters. The third-order valence-electron chi connectivity index (χ3n) is 5.75. The lowest BCUT2D eigenvalue weighted by Crippen LogP contribution is -2.51. The van der Waals surface area contributed by atoms with E-state index >= 15 is 0 Å². The Balaban J connectivity index is 1.83. The monoisotopic (exact) mass is 491 g/mol. The van der Waals surface area contributed by atoms with Gasteiger partial charge in [-0.1, -0.05) is 12.1 Å². The number of amides is 1. The van der Waals surface area contributed by atoms with Crippen LogP contribution in [0, 0.1) is 5.82 Å². The van der Waals surface area contributed by atoms with E-state index in [0.29, 0.717) is 31.7 Å². The molecule has 0 radical (unpaired) electrons. The zero-order chi connectivity index (χ0) is 25.3. The zero-order valence-corrected chi connectivity index (χ0v) is 18.6. The van der Waals surface area contributed by atoms with Crippen LogP contribution in [0.3, 0.4) is 0 Å². The van der Waals surface area contributed by atoms with Crippen LogP contribution in [-0.2, 0) is 12.7 Å². The van der Waals surface area contributed by atoms with E-state index in [-0.39, 0.29) is 12.2 Å². The standard InChI is InChI=1S/C23H21F4N5O3/c1-29-10-12-30(13-11-29)20(33)19-21(34)31(14-15-2-6-17(24)7-3-15)22(35)32(28-19)18-8-4-16(5-9-18)23(25,26)27/h2-9H,10-14H2,1H3. The number of alkyl halides is 3. The lowest BCUT2D eigenvalue weighted by molar-refractivity contribution is -0.137. The Bertz CT molecular complexity index is 1340. The van der Waals surface area contributed by atoms with Crippen LogP contribution in [0.1, 0.15) is 21.6 Å². The highest BCUT2D eigenvalue weighted by Gasteiger charge is 2.31. The predicted octanol–water partition coefficient (Wildman–Crippen LogP) is 1.99. The molecule has 12 heteroatoms. The molecular formula is C23H21F4N5O3. The predicted molar refractivity (Wildman–Crippen MR) is 118 cm³/mol. The highest BCUT2D eigenvalue weighted by atomic mass is 19.4. The number of carbonyl (C=O) groups is 1. The molecule has 8 nitrogen and oxygen atoms in total. The van der Waals surface area contributed by atoms with Crippen molar-refractivity contribution in [3.05, 3.63) is 92.0 Å². The summed E-state index contributed by atoms with van der Waals surface area (Å²) in [6.07, 6.45) is -4.58. The molecule has 1 fully saturated rings. The van der Waals surface area contributed by atoms with Crippen molar-refractivity contribution in [1.82, 2.24) is 24.1 Å². The number of piperazine rings is 1. The first kappa shape index (κ1) is 24.3. The van der Waals surface area contributed by atoms with Crippen LogP contribution < -0.4 is 11.2 Å². The second kappa shape index (κ2) is 9.45. The minimum absolute atomic E-state index is 0.0525. The summed E-state index contributed by atoms with van der Waals surface area (Å²) >= 11 is 0. The van der Waals surface area contributed by atoms with Crippen LogP contribution >= 0.6 is 0 Å². The Morgan fingerprint density at radius 3 is 2.11 bits per heavy atom.